The highest BCUT2D eigenvalue weighted by Gasteiger charge is 2.38. The van der Waals surface area contributed by atoms with E-state index < -0.39 is 11.4 Å². The molecule has 3 aromatic rings. The molecule has 0 unspecified atom stereocenters. The zero-order valence-electron chi connectivity index (χ0n) is 20.0. The predicted molar refractivity (Wildman–Crippen MR) is 130 cm³/mol. The van der Waals surface area contributed by atoms with Crippen LogP contribution in [0.4, 0.5) is 4.39 Å². The molecule has 2 aromatic heterocycles. The molecule has 1 N–H and O–H groups in total. The Hall–Kier alpha value is -3.19. The number of aromatic amines is 1. The second-order valence-electron chi connectivity index (χ2n) is 9.60. The molecule has 0 fully saturated rings. The molecule has 0 spiro atoms. The molecule has 4 rings (SSSR count). The summed E-state index contributed by atoms with van der Waals surface area (Å²) >= 11 is 6.31. The van der Waals surface area contributed by atoms with E-state index >= 15 is 0 Å². The first kappa shape index (κ1) is 24.0. The monoisotopic (exact) mass is 483 g/mol. The number of nitrogens with zero attached hydrogens (tertiary/aromatic N) is 2. The Labute approximate surface area is 202 Å². The molecule has 1 aliphatic rings. The molecule has 1 amide bonds. The minimum atomic E-state index is -0.595. The summed E-state index contributed by atoms with van der Waals surface area (Å²) < 4.78 is 19.3. The smallest absolute Gasteiger partial charge is 0.342 e. The van der Waals surface area contributed by atoms with Crippen molar-refractivity contribution in [3.8, 4) is 0 Å². The molecule has 178 valence electrons. The summed E-state index contributed by atoms with van der Waals surface area (Å²) in [6, 6.07) is 6.02. The first-order valence-electron chi connectivity index (χ1n) is 11.1. The molecule has 34 heavy (non-hydrogen) atoms. The standard InChI is InChI=1S/C26H27ClFN3O3/c1-13(2)34-25(33)17-11-31(24(32)16-7-8-19(28)14(3)9-16)12-26(5,6)21-22(17)30-20-10-18(27)15(4)29-23(20)21/h7-11,13,30H,12H2,1-6H3. The molecule has 0 saturated heterocycles. The van der Waals surface area contributed by atoms with Gasteiger partial charge in [0.05, 0.1) is 39.1 Å². The summed E-state index contributed by atoms with van der Waals surface area (Å²) in [6.45, 7) is 11.2. The van der Waals surface area contributed by atoms with Gasteiger partial charge in [-0.3, -0.25) is 4.79 Å². The summed E-state index contributed by atoms with van der Waals surface area (Å²) in [5.74, 6) is -1.28. The number of halogens is 2. The van der Waals surface area contributed by atoms with E-state index in [1.807, 2.05) is 20.8 Å². The lowest BCUT2D eigenvalue weighted by Crippen LogP contribution is -2.37. The Balaban J connectivity index is 1.92. The van der Waals surface area contributed by atoms with Crippen LogP contribution < -0.4 is 0 Å². The number of ether oxygens (including phenoxy) is 1. The quantitative estimate of drug-likeness (QED) is 0.485. The summed E-state index contributed by atoms with van der Waals surface area (Å²) in [5, 5.41) is 0.514. The number of aryl methyl sites for hydroxylation is 2. The lowest BCUT2D eigenvalue weighted by molar-refractivity contribution is -0.140. The second-order valence-corrected chi connectivity index (χ2v) is 10.0. The van der Waals surface area contributed by atoms with Crippen LogP contribution in [0, 0.1) is 19.7 Å². The molecule has 8 heteroatoms. The van der Waals surface area contributed by atoms with E-state index in [4.69, 9.17) is 21.3 Å². The lowest BCUT2D eigenvalue weighted by atomic mass is 9.83. The maximum absolute atomic E-state index is 13.8. The van der Waals surface area contributed by atoms with Crippen molar-refractivity contribution in [1.82, 2.24) is 14.9 Å². The van der Waals surface area contributed by atoms with E-state index in [1.54, 1.807) is 26.8 Å². The highest BCUT2D eigenvalue weighted by molar-refractivity contribution is 6.31. The van der Waals surface area contributed by atoms with Gasteiger partial charge >= 0.3 is 5.97 Å². The number of H-pyrrole nitrogens is 1. The van der Waals surface area contributed by atoms with Gasteiger partial charge in [-0.25, -0.2) is 14.2 Å². The van der Waals surface area contributed by atoms with Crippen molar-refractivity contribution in [2.75, 3.05) is 6.54 Å². The maximum Gasteiger partial charge on any atom is 0.342 e. The number of aromatic nitrogens is 2. The summed E-state index contributed by atoms with van der Waals surface area (Å²) in [7, 11) is 0. The molecule has 1 aromatic carbocycles. The second kappa shape index (κ2) is 8.55. The van der Waals surface area contributed by atoms with Crippen molar-refractivity contribution in [2.45, 2.75) is 53.1 Å². The van der Waals surface area contributed by atoms with E-state index in [2.05, 4.69) is 4.98 Å². The van der Waals surface area contributed by atoms with Crippen molar-refractivity contribution >= 4 is 40.1 Å². The number of nitrogens with one attached hydrogen (secondary N) is 1. The van der Waals surface area contributed by atoms with Gasteiger partial charge in [0.2, 0.25) is 0 Å². The van der Waals surface area contributed by atoms with Gasteiger partial charge < -0.3 is 14.6 Å². The summed E-state index contributed by atoms with van der Waals surface area (Å²) in [5.41, 5.74) is 3.74. The van der Waals surface area contributed by atoms with Crippen molar-refractivity contribution in [1.29, 1.82) is 0 Å². The van der Waals surface area contributed by atoms with Crippen molar-refractivity contribution < 1.29 is 18.7 Å². The molecule has 0 saturated carbocycles. The van der Waals surface area contributed by atoms with Crippen molar-refractivity contribution in [3.05, 3.63) is 69.4 Å². The Morgan fingerprint density at radius 2 is 1.94 bits per heavy atom. The zero-order chi connectivity index (χ0) is 24.9. The van der Waals surface area contributed by atoms with Gasteiger partial charge in [-0.05, 0) is 57.5 Å². The molecule has 6 nitrogen and oxygen atoms in total. The lowest BCUT2D eigenvalue weighted by Gasteiger charge is -2.29. The van der Waals surface area contributed by atoms with Crippen molar-refractivity contribution in [3.63, 3.8) is 0 Å². The average Bonchev–Trinajstić information content (AvgIpc) is 3.05. The number of amides is 1. The SMILES string of the molecule is Cc1cc(C(=O)N2C=C(C(=O)OC(C)C)c3[nH]c4cc(Cl)c(C)nc4c3C(C)(C)C2)ccc1F. The van der Waals surface area contributed by atoms with Crippen LogP contribution in [0.15, 0.2) is 30.5 Å². The van der Waals surface area contributed by atoms with Crippen molar-refractivity contribution in [2.24, 2.45) is 0 Å². The number of esters is 1. The Morgan fingerprint density at radius 3 is 2.59 bits per heavy atom. The van der Waals surface area contributed by atoms with Crippen LogP contribution >= 0.6 is 11.6 Å². The molecule has 0 radical (unpaired) electrons. The number of hydrogen-bond donors (Lipinski definition) is 1. The molecule has 3 heterocycles. The van der Waals surface area contributed by atoms with Gasteiger partial charge in [0.15, 0.2) is 0 Å². The van der Waals surface area contributed by atoms with Crippen LogP contribution in [0.2, 0.25) is 5.02 Å². The zero-order valence-corrected chi connectivity index (χ0v) is 20.8. The predicted octanol–water partition coefficient (Wildman–Crippen LogP) is 5.70. The number of hydrogen-bond acceptors (Lipinski definition) is 4. The van der Waals surface area contributed by atoms with Gasteiger partial charge in [0.1, 0.15) is 5.82 Å². The summed E-state index contributed by atoms with van der Waals surface area (Å²) in [4.78, 5) is 36.2. The largest absolute Gasteiger partial charge is 0.459 e. The summed E-state index contributed by atoms with van der Waals surface area (Å²) in [6.07, 6.45) is 1.17. The fraction of sp³-hybridized carbons (Fsp3) is 0.346. The average molecular weight is 484 g/mol. The van der Waals surface area contributed by atoms with E-state index in [0.717, 1.165) is 5.56 Å². The number of fused-ring (bicyclic) bond motifs is 3. The normalized spacial score (nSPS) is 15.2. The third kappa shape index (κ3) is 4.20. The minimum absolute atomic E-state index is 0.216. The third-order valence-electron chi connectivity index (χ3n) is 5.92. The van der Waals surface area contributed by atoms with E-state index in [1.165, 1.54) is 29.3 Å². The maximum atomic E-state index is 13.8. The van der Waals surface area contributed by atoms with Gasteiger partial charge in [0.25, 0.3) is 5.91 Å². The first-order chi connectivity index (χ1) is 15.9. The number of carbonyl (C=O) groups is 2. The first-order valence-corrected chi connectivity index (χ1v) is 11.5. The van der Waals surface area contributed by atoms with Gasteiger partial charge in [-0.2, -0.15) is 0 Å². The molecule has 1 aliphatic heterocycles. The van der Waals surface area contributed by atoms with Gasteiger partial charge in [-0.15, -0.1) is 0 Å². The highest BCUT2D eigenvalue weighted by Crippen LogP contribution is 2.41. The van der Waals surface area contributed by atoms with E-state index in [0.29, 0.717) is 38.6 Å². The van der Waals surface area contributed by atoms with Crippen LogP contribution in [0.5, 0.6) is 0 Å². The molecular weight excluding hydrogens is 457 g/mol. The topological polar surface area (TPSA) is 75.3 Å². The third-order valence-corrected chi connectivity index (χ3v) is 6.31. The molecular formula is C26H27ClFN3O3. The molecule has 0 atom stereocenters. The fourth-order valence-corrected chi connectivity index (χ4v) is 4.47. The van der Waals surface area contributed by atoms with Gasteiger partial charge in [0, 0.05) is 29.3 Å². The number of benzene rings is 1. The van der Waals surface area contributed by atoms with Crippen LogP contribution in [0.3, 0.4) is 0 Å². The van der Waals surface area contributed by atoms with E-state index in [9.17, 15) is 14.0 Å². The fourth-order valence-electron chi connectivity index (χ4n) is 4.32. The molecule has 0 aliphatic carbocycles. The Morgan fingerprint density at radius 1 is 1.24 bits per heavy atom. The van der Waals surface area contributed by atoms with Crippen LogP contribution in [-0.2, 0) is 14.9 Å². The van der Waals surface area contributed by atoms with Crippen LogP contribution in [0.25, 0.3) is 16.6 Å². The minimum Gasteiger partial charge on any atom is -0.459 e. The number of carbonyl (C=O) groups excluding carboxylic acids is 2. The number of pyridine rings is 1. The Kier molecular flexibility index (Phi) is 6.02. The highest BCUT2D eigenvalue weighted by atomic mass is 35.5. The number of rotatable bonds is 3. The molecule has 0 bridgehead atoms. The van der Waals surface area contributed by atoms with Crippen LogP contribution in [-0.4, -0.2) is 39.4 Å². The Bertz CT molecular complexity index is 1360. The van der Waals surface area contributed by atoms with Crippen LogP contribution in [0.1, 0.15) is 60.6 Å². The van der Waals surface area contributed by atoms with Gasteiger partial charge in [-0.1, -0.05) is 25.4 Å². The van der Waals surface area contributed by atoms with E-state index in [-0.39, 0.29) is 29.9 Å².